The number of hydrogen-bond donors (Lipinski definition) is 3. The van der Waals surface area contributed by atoms with Crippen LogP contribution in [0.2, 0.25) is 0 Å². The third-order valence-corrected chi connectivity index (χ3v) is 5.41. The van der Waals surface area contributed by atoms with Crippen molar-refractivity contribution >= 4 is 23.7 Å². The number of hydrogen-bond acceptors (Lipinski definition) is 8. The van der Waals surface area contributed by atoms with Crippen LogP contribution < -0.4 is 20.5 Å². The third kappa shape index (κ3) is 11.6. The van der Waals surface area contributed by atoms with Crippen LogP contribution in [0.25, 0.3) is 17.5 Å². The number of anilines is 1. The lowest BCUT2D eigenvalue weighted by Gasteiger charge is -2.16. The first-order valence-corrected chi connectivity index (χ1v) is 13.9. The first-order valence-electron chi connectivity index (χ1n) is 13.9. The molecular formula is C30H48N6O4. The number of nitrogen functional groups attached to an aromatic ring is 1. The highest BCUT2D eigenvalue weighted by atomic mass is 16.5. The van der Waals surface area contributed by atoms with Crippen LogP contribution in [-0.2, 0) is 9.53 Å². The van der Waals surface area contributed by atoms with Crippen molar-refractivity contribution in [2.45, 2.75) is 60.5 Å². The molecule has 40 heavy (non-hydrogen) atoms. The van der Waals surface area contributed by atoms with Crippen LogP contribution in [0.1, 0.15) is 60.1 Å². The largest absolute Gasteiger partial charge is 0.488 e. The minimum absolute atomic E-state index is 0.134. The summed E-state index contributed by atoms with van der Waals surface area (Å²) in [6.07, 6.45) is 6.22. The predicted octanol–water partition coefficient (Wildman–Crippen LogP) is 5.29. The van der Waals surface area contributed by atoms with E-state index >= 15 is 0 Å². The Labute approximate surface area is 239 Å². The van der Waals surface area contributed by atoms with Gasteiger partial charge in [0.15, 0.2) is 5.90 Å². The summed E-state index contributed by atoms with van der Waals surface area (Å²) in [6, 6.07) is 5.50. The van der Waals surface area contributed by atoms with Crippen molar-refractivity contribution in [3.63, 3.8) is 0 Å². The van der Waals surface area contributed by atoms with Crippen molar-refractivity contribution in [3.05, 3.63) is 41.7 Å². The van der Waals surface area contributed by atoms with Crippen molar-refractivity contribution in [3.8, 4) is 22.9 Å². The lowest BCUT2D eigenvalue weighted by molar-refractivity contribution is -0.117. The Morgan fingerprint density at radius 3 is 2.50 bits per heavy atom. The summed E-state index contributed by atoms with van der Waals surface area (Å²) < 4.78 is 17.4. The number of aliphatic imine (C=N–C) groups is 1. The second kappa shape index (κ2) is 18.6. The van der Waals surface area contributed by atoms with E-state index in [1.54, 1.807) is 19.4 Å². The SMILES string of the molecule is C/C=C\c1[nH]c(-c2cc(OC(CC)=N/C=C(\CC)C(=O)NCCN(C)C)cc(OC(C)COC)c2)nc1N.CC. The predicted molar refractivity (Wildman–Crippen MR) is 165 cm³/mol. The van der Waals surface area contributed by atoms with E-state index in [9.17, 15) is 4.79 Å². The van der Waals surface area contributed by atoms with Gasteiger partial charge in [-0.3, -0.25) is 4.79 Å². The molecule has 0 spiro atoms. The van der Waals surface area contributed by atoms with Gasteiger partial charge in [0.1, 0.15) is 29.2 Å². The Balaban J connectivity index is 0.00000391. The molecule has 10 heteroatoms. The Morgan fingerprint density at radius 1 is 1.20 bits per heavy atom. The van der Waals surface area contributed by atoms with E-state index in [-0.39, 0.29) is 12.0 Å². The number of amides is 1. The van der Waals surface area contributed by atoms with Gasteiger partial charge in [0, 0.05) is 50.0 Å². The zero-order chi connectivity index (χ0) is 30.1. The fourth-order valence-electron chi connectivity index (χ4n) is 3.46. The zero-order valence-electron chi connectivity index (χ0n) is 25.6. The molecule has 4 N–H and O–H groups in total. The highest BCUT2D eigenvalue weighted by molar-refractivity contribution is 5.93. The van der Waals surface area contributed by atoms with Gasteiger partial charge in [-0.15, -0.1) is 0 Å². The van der Waals surface area contributed by atoms with Gasteiger partial charge >= 0.3 is 0 Å². The van der Waals surface area contributed by atoms with Crippen LogP contribution in [-0.4, -0.2) is 73.7 Å². The quantitative estimate of drug-likeness (QED) is 0.164. The minimum atomic E-state index is -0.177. The first-order chi connectivity index (χ1) is 19.2. The van der Waals surface area contributed by atoms with Crippen molar-refractivity contribution in [2.24, 2.45) is 4.99 Å². The maximum atomic E-state index is 12.5. The molecule has 10 nitrogen and oxygen atoms in total. The number of benzene rings is 1. The Kier molecular flexibility index (Phi) is 16.0. The molecule has 0 fully saturated rings. The van der Waals surface area contributed by atoms with Gasteiger partial charge in [-0.05, 0) is 52.6 Å². The molecule has 0 saturated heterocycles. The zero-order valence-corrected chi connectivity index (χ0v) is 25.6. The van der Waals surface area contributed by atoms with Crippen molar-refractivity contribution in [1.82, 2.24) is 20.2 Å². The van der Waals surface area contributed by atoms with E-state index < -0.39 is 0 Å². The molecule has 1 heterocycles. The summed E-state index contributed by atoms with van der Waals surface area (Å²) in [7, 11) is 5.55. The Morgan fingerprint density at radius 2 is 1.90 bits per heavy atom. The van der Waals surface area contributed by atoms with Crippen LogP contribution in [0.3, 0.4) is 0 Å². The summed E-state index contributed by atoms with van der Waals surface area (Å²) in [5.74, 6) is 2.42. The summed E-state index contributed by atoms with van der Waals surface area (Å²) in [4.78, 5) is 26.7. The summed E-state index contributed by atoms with van der Waals surface area (Å²) >= 11 is 0. The number of methoxy groups -OCH3 is 1. The van der Waals surface area contributed by atoms with Gasteiger partial charge in [0.05, 0.1) is 12.3 Å². The molecule has 1 amide bonds. The number of nitrogens with one attached hydrogen (secondary N) is 2. The normalized spacial score (nSPS) is 12.8. The number of aromatic amines is 1. The molecule has 0 aliphatic rings. The highest BCUT2D eigenvalue weighted by Gasteiger charge is 2.14. The summed E-state index contributed by atoms with van der Waals surface area (Å²) in [5, 5.41) is 2.92. The van der Waals surface area contributed by atoms with Crippen molar-refractivity contribution < 1.29 is 19.0 Å². The number of rotatable bonds is 14. The standard InChI is InChI=1S/C28H42N6O4.C2H6/c1-8-11-24-26(29)33-27(32-24)21-14-22(37-19(4)18-36-7)16-23(15-21)38-25(10-3)31-17-20(9-2)28(35)30-12-13-34(5)6;1-2/h8,11,14-17,19H,9-10,12-13,18,29H2,1-7H3,(H,30,35)(H,32,33);1-2H3/b11-8-,20-17+,31-25?;. The minimum Gasteiger partial charge on any atom is -0.488 e. The maximum Gasteiger partial charge on any atom is 0.248 e. The van der Waals surface area contributed by atoms with Crippen LogP contribution in [0.15, 0.2) is 41.0 Å². The van der Waals surface area contributed by atoms with Crippen molar-refractivity contribution in [1.29, 1.82) is 0 Å². The van der Waals surface area contributed by atoms with Crippen LogP contribution >= 0.6 is 0 Å². The molecule has 222 valence electrons. The number of carbonyl (C=O) groups excluding carboxylic acids is 1. The average Bonchev–Trinajstić information content (AvgIpc) is 3.29. The average molecular weight is 557 g/mol. The maximum absolute atomic E-state index is 12.5. The number of allylic oxidation sites excluding steroid dienone is 1. The van der Waals surface area contributed by atoms with Crippen molar-refractivity contribution in [2.75, 3.05) is 46.6 Å². The van der Waals surface area contributed by atoms with E-state index in [1.165, 1.54) is 0 Å². The molecule has 1 aromatic carbocycles. The number of imidazole rings is 1. The van der Waals surface area contributed by atoms with E-state index in [0.29, 0.717) is 60.6 Å². The molecule has 0 aliphatic carbocycles. The van der Waals surface area contributed by atoms with Gasteiger partial charge in [0.2, 0.25) is 5.91 Å². The van der Waals surface area contributed by atoms with E-state index in [2.05, 4.69) is 20.3 Å². The summed E-state index contributed by atoms with van der Waals surface area (Å²) in [6.45, 7) is 13.5. The molecule has 1 atom stereocenters. The van der Waals surface area contributed by atoms with Crippen LogP contribution in [0.5, 0.6) is 11.5 Å². The molecule has 0 saturated carbocycles. The number of likely N-dealkylation sites (N-methyl/N-ethyl adjacent to an activating group) is 1. The van der Waals surface area contributed by atoms with Gasteiger partial charge in [0.25, 0.3) is 0 Å². The molecule has 2 aromatic rings. The Bertz CT molecular complexity index is 1140. The molecule has 1 unspecified atom stereocenters. The highest BCUT2D eigenvalue weighted by Crippen LogP contribution is 2.31. The molecule has 0 radical (unpaired) electrons. The van der Waals surface area contributed by atoms with E-state index in [1.807, 2.05) is 84.8 Å². The van der Waals surface area contributed by atoms with E-state index in [0.717, 1.165) is 17.8 Å². The number of ether oxygens (including phenoxy) is 3. The fourth-order valence-corrected chi connectivity index (χ4v) is 3.46. The third-order valence-electron chi connectivity index (χ3n) is 5.41. The topological polar surface area (TPSA) is 127 Å². The smallest absolute Gasteiger partial charge is 0.248 e. The number of nitrogens with zero attached hydrogens (tertiary/aromatic N) is 3. The lowest BCUT2D eigenvalue weighted by atomic mass is 10.2. The number of carbonyl (C=O) groups is 1. The van der Waals surface area contributed by atoms with Gasteiger partial charge < -0.3 is 35.1 Å². The van der Waals surface area contributed by atoms with E-state index in [4.69, 9.17) is 19.9 Å². The second-order valence-corrected chi connectivity index (χ2v) is 9.01. The van der Waals surface area contributed by atoms with Crippen LogP contribution in [0, 0.1) is 0 Å². The lowest BCUT2D eigenvalue weighted by Crippen LogP contribution is -2.32. The van der Waals surface area contributed by atoms with Gasteiger partial charge in [-0.1, -0.05) is 33.8 Å². The van der Waals surface area contributed by atoms with Gasteiger partial charge in [-0.25, -0.2) is 9.98 Å². The second-order valence-electron chi connectivity index (χ2n) is 9.01. The molecule has 2 rings (SSSR count). The Hall–Kier alpha value is -3.63. The monoisotopic (exact) mass is 556 g/mol. The number of nitrogens with two attached hydrogens (primary N) is 1. The number of H-pyrrole nitrogens is 1. The van der Waals surface area contributed by atoms with Gasteiger partial charge in [-0.2, -0.15) is 0 Å². The molecule has 0 bridgehead atoms. The summed E-state index contributed by atoms with van der Waals surface area (Å²) in [5.41, 5.74) is 8.12. The molecule has 1 aromatic heterocycles. The number of aromatic nitrogens is 2. The fraction of sp³-hybridized carbons (Fsp3) is 0.500. The molecular weight excluding hydrogens is 508 g/mol. The van der Waals surface area contributed by atoms with Crippen LogP contribution in [0.4, 0.5) is 5.82 Å². The molecule has 0 aliphatic heterocycles. The first kappa shape index (κ1) is 34.4.